The standard InChI is InChI=1S/C29H36N4O2S/c1-5-8-10-21(6-2)17-31-28(34)25-16-27(33(20(25)4)18-24-11-9-14-35-24)26-19-36-29(32-26)22-12-13-30-23(7-3)15-22/h9,11-16,19,21H,5-8,10,17-18H2,1-4H3,(H,31,34). The Morgan fingerprint density at radius 2 is 2.08 bits per heavy atom. The number of nitrogens with one attached hydrogen (secondary N) is 1. The first-order chi connectivity index (χ1) is 17.5. The van der Waals surface area contributed by atoms with Gasteiger partial charge in [0, 0.05) is 35.1 Å². The van der Waals surface area contributed by atoms with E-state index in [1.165, 1.54) is 12.8 Å². The van der Waals surface area contributed by atoms with Crippen molar-refractivity contribution in [3.05, 3.63) is 70.9 Å². The summed E-state index contributed by atoms with van der Waals surface area (Å²) < 4.78 is 7.77. The molecule has 0 aliphatic rings. The molecule has 6 nitrogen and oxygen atoms in total. The van der Waals surface area contributed by atoms with E-state index in [2.05, 4.69) is 47.1 Å². The molecule has 0 fully saturated rings. The third-order valence-electron chi connectivity index (χ3n) is 6.79. The van der Waals surface area contributed by atoms with Crippen LogP contribution in [0.1, 0.15) is 74.0 Å². The van der Waals surface area contributed by atoms with E-state index in [1.54, 1.807) is 17.6 Å². The number of furan rings is 1. The molecular formula is C29H36N4O2S. The predicted octanol–water partition coefficient (Wildman–Crippen LogP) is 7.13. The number of carbonyl (C=O) groups is 1. The van der Waals surface area contributed by atoms with Crippen molar-refractivity contribution in [2.24, 2.45) is 5.92 Å². The Bertz CT molecular complexity index is 1270. The van der Waals surface area contributed by atoms with Crippen LogP contribution in [0.25, 0.3) is 22.0 Å². The highest BCUT2D eigenvalue weighted by molar-refractivity contribution is 7.13. The third kappa shape index (κ3) is 5.95. The molecule has 0 aliphatic heterocycles. The van der Waals surface area contributed by atoms with Gasteiger partial charge >= 0.3 is 0 Å². The molecule has 4 heterocycles. The van der Waals surface area contributed by atoms with Crippen LogP contribution in [0, 0.1) is 12.8 Å². The summed E-state index contributed by atoms with van der Waals surface area (Å²) in [6.45, 7) is 9.75. The van der Waals surface area contributed by atoms with Gasteiger partial charge in [-0.3, -0.25) is 9.78 Å². The number of aromatic nitrogens is 3. The molecule has 4 aromatic rings. The smallest absolute Gasteiger partial charge is 0.253 e. The van der Waals surface area contributed by atoms with Crippen molar-refractivity contribution in [1.29, 1.82) is 0 Å². The average molecular weight is 505 g/mol. The Labute approximate surface area is 217 Å². The molecule has 1 atom stereocenters. The van der Waals surface area contributed by atoms with E-state index in [4.69, 9.17) is 9.40 Å². The van der Waals surface area contributed by atoms with Crippen molar-refractivity contribution in [3.8, 4) is 22.0 Å². The Morgan fingerprint density at radius 1 is 1.22 bits per heavy atom. The Morgan fingerprint density at radius 3 is 2.81 bits per heavy atom. The summed E-state index contributed by atoms with van der Waals surface area (Å²) in [5.74, 6) is 1.32. The van der Waals surface area contributed by atoms with Gasteiger partial charge in [-0.1, -0.05) is 40.0 Å². The van der Waals surface area contributed by atoms with Crippen LogP contribution in [0.15, 0.2) is 52.6 Å². The normalized spacial score (nSPS) is 12.1. The monoisotopic (exact) mass is 504 g/mol. The van der Waals surface area contributed by atoms with Gasteiger partial charge in [0.15, 0.2) is 0 Å². The highest BCUT2D eigenvalue weighted by Gasteiger charge is 2.22. The molecule has 1 N–H and O–H groups in total. The zero-order chi connectivity index (χ0) is 25.5. The van der Waals surface area contributed by atoms with Gasteiger partial charge in [-0.05, 0) is 56.0 Å². The van der Waals surface area contributed by atoms with Crippen molar-refractivity contribution in [3.63, 3.8) is 0 Å². The van der Waals surface area contributed by atoms with Crippen molar-refractivity contribution in [2.75, 3.05) is 6.54 Å². The lowest BCUT2D eigenvalue weighted by Gasteiger charge is -2.15. The second-order valence-corrected chi connectivity index (χ2v) is 10.1. The fraction of sp³-hybridized carbons (Fsp3) is 0.414. The maximum absolute atomic E-state index is 13.3. The van der Waals surface area contributed by atoms with Crippen molar-refractivity contribution < 1.29 is 9.21 Å². The summed E-state index contributed by atoms with van der Waals surface area (Å²) in [5.41, 5.74) is 5.48. The maximum atomic E-state index is 13.3. The highest BCUT2D eigenvalue weighted by Crippen LogP contribution is 2.32. The highest BCUT2D eigenvalue weighted by atomic mass is 32.1. The molecule has 4 rings (SSSR count). The number of amides is 1. The van der Waals surface area contributed by atoms with E-state index in [-0.39, 0.29) is 5.91 Å². The zero-order valence-corrected chi connectivity index (χ0v) is 22.5. The first kappa shape index (κ1) is 25.9. The van der Waals surface area contributed by atoms with Gasteiger partial charge < -0.3 is 14.3 Å². The minimum absolute atomic E-state index is 0.0286. The van der Waals surface area contributed by atoms with Gasteiger partial charge in [0.2, 0.25) is 0 Å². The predicted molar refractivity (Wildman–Crippen MR) is 146 cm³/mol. The fourth-order valence-electron chi connectivity index (χ4n) is 4.45. The first-order valence-corrected chi connectivity index (χ1v) is 13.8. The second kappa shape index (κ2) is 12.2. The molecule has 4 aromatic heterocycles. The summed E-state index contributed by atoms with van der Waals surface area (Å²) in [6, 6.07) is 9.91. The molecule has 0 radical (unpaired) electrons. The van der Waals surface area contributed by atoms with Crippen molar-refractivity contribution in [1.82, 2.24) is 19.9 Å². The Balaban J connectivity index is 1.64. The minimum atomic E-state index is -0.0286. The number of unbranched alkanes of at least 4 members (excludes halogenated alkanes) is 1. The summed E-state index contributed by atoms with van der Waals surface area (Å²) in [6.07, 6.45) is 8.99. The van der Waals surface area contributed by atoms with Gasteiger partial charge in [0.25, 0.3) is 5.91 Å². The van der Waals surface area contributed by atoms with Gasteiger partial charge in [0.1, 0.15) is 10.8 Å². The SMILES string of the molecule is CCCCC(CC)CNC(=O)c1cc(-c2csc(-c3ccnc(CC)c3)n2)n(Cc2ccco2)c1C. The lowest BCUT2D eigenvalue weighted by molar-refractivity contribution is 0.0945. The number of hydrogen-bond acceptors (Lipinski definition) is 5. The minimum Gasteiger partial charge on any atom is -0.467 e. The van der Waals surface area contributed by atoms with Crippen LogP contribution in [0.4, 0.5) is 0 Å². The summed E-state index contributed by atoms with van der Waals surface area (Å²) in [5, 5.41) is 6.20. The molecule has 0 saturated heterocycles. The Kier molecular flexibility index (Phi) is 8.75. The second-order valence-electron chi connectivity index (χ2n) is 9.25. The van der Waals surface area contributed by atoms with E-state index in [9.17, 15) is 4.79 Å². The molecule has 0 spiro atoms. The molecule has 36 heavy (non-hydrogen) atoms. The number of carbonyl (C=O) groups excluding carboxylic acids is 1. The lowest BCUT2D eigenvalue weighted by Crippen LogP contribution is -2.29. The van der Waals surface area contributed by atoms with Crippen LogP contribution in [0.5, 0.6) is 0 Å². The van der Waals surface area contributed by atoms with Crippen LogP contribution in [0.2, 0.25) is 0 Å². The molecule has 190 valence electrons. The number of rotatable bonds is 12. The fourth-order valence-corrected chi connectivity index (χ4v) is 5.26. The van der Waals surface area contributed by atoms with E-state index in [0.717, 1.165) is 58.4 Å². The van der Waals surface area contributed by atoms with Gasteiger partial charge in [-0.2, -0.15) is 0 Å². The number of aryl methyl sites for hydroxylation is 1. The summed E-state index contributed by atoms with van der Waals surface area (Å²) in [7, 11) is 0. The first-order valence-electron chi connectivity index (χ1n) is 13.0. The molecule has 0 saturated carbocycles. The van der Waals surface area contributed by atoms with Crippen LogP contribution >= 0.6 is 11.3 Å². The molecular weight excluding hydrogens is 468 g/mol. The molecule has 1 amide bonds. The van der Waals surface area contributed by atoms with E-state index in [0.29, 0.717) is 24.6 Å². The quantitative estimate of drug-likeness (QED) is 0.223. The molecule has 0 bridgehead atoms. The van der Waals surface area contributed by atoms with Gasteiger partial charge in [-0.15, -0.1) is 11.3 Å². The van der Waals surface area contributed by atoms with Crippen LogP contribution in [-0.4, -0.2) is 27.0 Å². The van der Waals surface area contributed by atoms with E-state index in [1.807, 2.05) is 37.4 Å². The Hall–Kier alpha value is -3.19. The summed E-state index contributed by atoms with van der Waals surface area (Å²) in [4.78, 5) is 22.7. The molecule has 7 heteroatoms. The topological polar surface area (TPSA) is 73.0 Å². The average Bonchev–Trinajstić information content (AvgIpc) is 3.66. The number of thiazole rings is 1. The van der Waals surface area contributed by atoms with Gasteiger partial charge in [-0.25, -0.2) is 4.98 Å². The van der Waals surface area contributed by atoms with Crippen molar-refractivity contribution in [2.45, 2.75) is 66.3 Å². The van der Waals surface area contributed by atoms with Crippen LogP contribution in [-0.2, 0) is 13.0 Å². The van der Waals surface area contributed by atoms with Crippen LogP contribution < -0.4 is 5.32 Å². The number of nitrogens with zero attached hydrogens (tertiary/aromatic N) is 3. The van der Waals surface area contributed by atoms with Crippen molar-refractivity contribution >= 4 is 17.2 Å². The van der Waals surface area contributed by atoms with Crippen LogP contribution in [0.3, 0.4) is 0 Å². The number of hydrogen-bond donors (Lipinski definition) is 1. The maximum Gasteiger partial charge on any atom is 0.253 e. The number of pyridine rings is 1. The lowest BCUT2D eigenvalue weighted by atomic mass is 9.99. The third-order valence-corrected chi connectivity index (χ3v) is 7.68. The largest absolute Gasteiger partial charge is 0.467 e. The molecule has 0 aliphatic carbocycles. The molecule has 0 aromatic carbocycles. The molecule has 1 unspecified atom stereocenters. The van der Waals surface area contributed by atoms with Gasteiger partial charge in [0.05, 0.1) is 29.8 Å². The zero-order valence-electron chi connectivity index (χ0n) is 21.7. The van der Waals surface area contributed by atoms with E-state index < -0.39 is 0 Å². The summed E-state index contributed by atoms with van der Waals surface area (Å²) >= 11 is 1.61. The van der Waals surface area contributed by atoms with E-state index >= 15 is 0 Å².